The number of sulfonamides is 1. The highest BCUT2D eigenvalue weighted by molar-refractivity contribution is 7.89. The first kappa shape index (κ1) is 15.3. The zero-order valence-electron chi connectivity index (χ0n) is 12.6. The molecule has 2 rings (SSSR count). The summed E-state index contributed by atoms with van der Waals surface area (Å²) in [7, 11) is -3.71. The molecule has 112 valence electrons. The van der Waals surface area contributed by atoms with E-state index >= 15 is 0 Å². The fourth-order valence-corrected chi connectivity index (χ4v) is 2.96. The third-order valence-electron chi connectivity index (χ3n) is 3.56. The lowest BCUT2D eigenvalue weighted by Gasteiger charge is -2.24. The second-order valence-corrected chi connectivity index (χ2v) is 8.19. The van der Waals surface area contributed by atoms with Crippen LogP contribution < -0.4 is 9.88 Å². The molecule has 0 unspecified atom stereocenters. The van der Waals surface area contributed by atoms with E-state index in [0.29, 0.717) is 18.1 Å². The van der Waals surface area contributed by atoms with E-state index in [-0.39, 0.29) is 10.3 Å². The van der Waals surface area contributed by atoms with Crippen LogP contribution in [-0.4, -0.2) is 15.0 Å². The van der Waals surface area contributed by atoms with Crippen LogP contribution >= 0.6 is 0 Å². The van der Waals surface area contributed by atoms with Crippen LogP contribution in [0.3, 0.4) is 0 Å². The van der Waals surface area contributed by atoms with Crippen molar-refractivity contribution >= 4 is 10.0 Å². The molecule has 1 aromatic carbocycles. The number of hydrogen-bond acceptors (Lipinski definition) is 3. The van der Waals surface area contributed by atoms with Gasteiger partial charge in [0.05, 0.1) is 11.5 Å². The van der Waals surface area contributed by atoms with Crippen molar-refractivity contribution in [3.63, 3.8) is 0 Å². The summed E-state index contributed by atoms with van der Waals surface area (Å²) in [5, 5.41) is 5.28. The van der Waals surface area contributed by atoms with Gasteiger partial charge in [-0.3, -0.25) is 0 Å². The Hall–Kier alpha value is -1.07. The predicted octanol–water partition coefficient (Wildman–Crippen LogP) is 2.73. The molecule has 1 fully saturated rings. The largest absolute Gasteiger partial charge is 0.493 e. The molecule has 1 saturated carbocycles. The molecule has 0 aromatic heterocycles. The highest BCUT2D eigenvalue weighted by atomic mass is 32.2. The SMILES string of the molecule is Cc1cc(OCC2CC2)c(C(C)(C)C)cc1S(N)(=O)=O. The number of nitrogens with two attached hydrogens (primary N) is 1. The Labute approximate surface area is 121 Å². The lowest BCUT2D eigenvalue weighted by atomic mass is 9.86. The van der Waals surface area contributed by atoms with Crippen molar-refractivity contribution in [2.75, 3.05) is 6.61 Å². The lowest BCUT2D eigenvalue weighted by Crippen LogP contribution is -2.19. The smallest absolute Gasteiger partial charge is 0.238 e. The first-order valence-corrected chi connectivity index (χ1v) is 8.44. The number of benzene rings is 1. The van der Waals surface area contributed by atoms with Crippen LogP contribution in [-0.2, 0) is 15.4 Å². The van der Waals surface area contributed by atoms with Gasteiger partial charge in [-0.1, -0.05) is 20.8 Å². The minimum absolute atomic E-state index is 0.182. The van der Waals surface area contributed by atoms with E-state index in [1.54, 1.807) is 19.1 Å². The van der Waals surface area contributed by atoms with Gasteiger partial charge in [0, 0.05) is 5.56 Å². The molecule has 0 atom stereocenters. The van der Waals surface area contributed by atoms with Gasteiger partial charge in [0.1, 0.15) is 5.75 Å². The molecule has 20 heavy (non-hydrogen) atoms. The van der Waals surface area contributed by atoms with Gasteiger partial charge >= 0.3 is 0 Å². The van der Waals surface area contributed by atoms with Crippen molar-refractivity contribution in [1.82, 2.24) is 0 Å². The molecular weight excluding hydrogens is 274 g/mol. The Morgan fingerprint density at radius 3 is 2.35 bits per heavy atom. The zero-order chi connectivity index (χ0) is 15.1. The summed E-state index contributed by atoms with van der Waals surface area (Å²) >= 11 is 0. The molecule has 0 spiro atoms. The fraction of sp³-hybridized carbons (Fsp3) is 0.600. The standard InChI is InChI=1S/C15H23NO3S/c1-10-7-13(19-9-11-5-6-11)12(15(2,3)4)8-14(10)20(16,17)18/h7-8,11H,5-6,9H2,1-4H3,(H2,16,17,18). The molecule has 0 heterocycles. The van der Waals surface area contributed by atoms with Gasteiger partial charge in [-0.15, -0.1) is 0 Å². The summed E-state index contributed by atoms with van der Waals surface area (Å²) in [5.74, 6) is 1.43. The van der Waals surface area contributed by atoms with Crippen LogP contribution in [0.25, 0.3) is 0 Å². The van der Waals surface area contributed by atoms with Crippen LogP contribution in [0.15, 0.2) is 17.0 Å². The van der Waals surface area contributed by atoms with Crippen molar-refractivity contribution in [3.8, 4) is 5.75 Å². The van der Waals surface area contributed by atoms with Gasteiger partial charge < -0.3 is 4.74 Å². The Bertz CT molecular complexity index is 611. The summed E-state index contributed by atoms with van der Waals surface area (Å²) in [4.78, 5) is 0.182. The third-order valence-corrected chi connectivity index (χ3v) is 4.62. The summed E-state index contributed by atoms with van der Waals surface area (Å²) in [5.41, 5.74) is 1.31. The molecule has 0 radical (unpaired) electrons. The summed E-state index contributed by atoms with van der Waals surface area (Å²) in [6.07, 6.45) is 2.44. The Morgan fingerprint density at radius 2 is 1.90 bits per heavy atom. The van der Waals surface area contributed by atoms with Crippen LogP contribution in [0.5, 0.6) is 5.75 Å². The number of ether oxygens (including phenoxy) is 1. The molecule has 1 aromatic rings. The third kappa shape index (κ3) is 3.52. The highest BCUT2D eigenvalue weighted by Gasteiger charge is 2.26. The van der Waals surface area contributed by atoms with E-state index in [1.807, 2.05) is 20.8 Å². The molecule has 0 bridgehead atoms. The van der Waals surface area contributed by atoms with Crippen molar-refractivity contribution < 1.29 is 13.2 Å². The van der Waals surface area contributed by atoms with Gasteiger partial charge in [-0.05, 0) is 48.8 Å². The Balaban J connectivity index is 2.46. The monoisotopic (exact) mass is 297 g/mol. The molecule has 2 N–H and O–H groups in total. The first-order valence-electron chi connectivity index (χ1n) is 6.90. The molecule has 1 aliphatic carbocycles. The Kier molecular flexibility index (Phi) is 3.86. The number of aryl methyl sites for hydroxylation is 1. The van der Waals surface area contributed by atoms with Crippen molar-refractivity contribution in [2.45, 2.75) is 50.8 Å². The molecule has 1 aliphatic rings. The normalized spacial score (nSPS) is 16.2. The van der Waals surface area contributed by atoms with E-state index < -0.39 is 10.0 Å². The zero-order valence-corrected chi connectivity index (χ0v) is 13.4. The quantitative estimate of drug-likeness (QED) is 0.929. The maximum atomic E-state index is 11.7. The van der Waals surface area contributed by atoms with Crippen LogP contribution in [0, 0.1) is 12.8 Å². The summed E-state index contributed by atoms with van der Waals surface area (Å²) in [6, 6.07) is 3.45. The number of rotatable bonds is 4. The van der Waals surface area contributed by atoms with Crippen molar-refractivity contribution in [2.24, 2.45) is 11.1 Å². The first-order chi connectivity index (χ1) is 9.09. The van der Waals surface area contributed by atoms with Gasteiger partial charge in [-0.25, -0.2) is 13.6 Å². The molecular formula is C15H23NO3S. The minimum Gasteiger partial charge on any atom is -0.493 e. The minimum atomic E-state index is -3.71. The lowest BCUT2D eigenvalue weighted by molar-refractivity contribution is 0.291. The fourth-order valence-electron chi connectivity index (χ4n) is 2.17. The highest BCUT2D eigenvalue weighted by Crippen LogP contribution is 2.37. The Morgan fingerprint density at radius 1 is 1.30 bits per heavy atom. The number of primary sulfonamides is 1. The molecule has 0 amide bonds. The van der Waals surface area contributed by atoms with Gasteiger partial charge in [0.25, 0.3) is 0 Å². The van der Waals surface area contributed by atoms with Crippen molar-refractivity contribution in [1.29, 1.82) is 0 Å². The second-order valence-electron chi connectivity index (χ2n) is 6.66. The van der Waals surface area contributed by atoms with Crippen molar-refractivity contribution in [3.05, 3.63) is 23.3 Å². The average Bonchev–Trinajstić information content (AvgIpc) is 3.06. The van der Waals surface area contributed by atoms with Gasteiger partial charge in [0.2, 0.25) is 10.0 Å². The van der Waals surface area contributed by atoms with Crippen LogP contribution in [0.1, 0.15) is 44.7 Å². The summed E-state index contributed by atoms with van der Waals surface area (Å²) in [6.45, 7) is 8.56. The maximum Gasteiger partial charge on any atom is 0.238 e. The maximum absolute atomic E-state index is 11.7. The van der Waals surface area contributed by atoms with E-state index in [9.17, 15) is 8.42 Å². The molecule has 5 heteroatoms. The summed E-state index contributed by atoms with van der Waals surface area (Å²) < 4.78 is 29.2. The average molecular weight is 297 g/mol. The second kappa shape index (κ2) is 5.04. The van der Waals surface area contributed by atoms with E-state index in [4.69, 9.17) is 9.88 Å². The van der Waals surface area contributed by atoms with E-state index in [2.05, 4.69) is 0 Å². The molecule has 0 aliphatic heterocycles. The van der Waals surface area contributed by atoms with E-state index in [1.165, 1.54) is 12.8 Å². The van der Waals surface area contributed by atoms with E-state index in [0.717, 1.165) is 11.3 Å². The van der Waals surface area contributed by atoms with Crippen LogP contribution in [0.2, 0.25) is 0 Å². The molecule has 0 saturated heterocycles. The van der Waals surface area contributed by atoms with Gasteiger partial charge in [0.15, 0.2) is 0 Å². The predicted molar refractivity (Wildman–Crippen MR) is 79.5 cm³/mol. The molecule has 4 nitrogen and oxygen atoms in total. The van der Waals surface area contributed by atoms with Crippen LogP contribution in [0.4, 0.5) is 0 Å². The number of hydrogen-bond donors (Lipinski definition) is 1. The van der Waals surface area contributed by atoms with Gasteiger partial charge in [-0.2, -0.15) is 0 Å². The topological polar surface area (TPSA) is 69.4 Å².